The van der Waals surface area contributed by atoms with Gasteiger partial charge in [-0.05, 0) is 54.5 Å². The SMILES string of the molecule is C=CC(=O)N(C)c1ccc(C(=O)Nc2ccc3c(c2)N(C(N)=O)CC3)cc1. The molecular weight excluding hydrogens is 344 g/mol. The molecule has 0 bridgehead atoms. The van der Waals surface area contributed by atoms with Crippen LogP contribution in [0.5, 0.6) is 0 Å². The number of likely N-dealkylation sites (N-methyl/N-ethyl adjacent to an activating group) is 1. The molecule has 1 aliphatic heterocycles. The molecule has 0 fully saturated rings. The molecule has 3 rings (SSSR count). The first kappa shape index (κ1) is 18.2. The fourth-order valence-corrected chi connectivity index (χ4v) is 2.99. The van der Waals surface area contributed by atoms with Gasteiger partial charge in [-0.1, -0.05) is 12.6 Å². The number of nitrogens with two attached hydrogens (primary N) is 1. The summed E-state index contributed by atoms with van der Waals surface area (Å²) in [7, 11) is 1.63. The molecule has 3 N–H and O–H groups in total. The van der Waals surface area contributed by atoms with Gasteiger partial charge in [0.05, 0.1) is 5.69 Å². The quantitative estimate of drug-likeness (QED) is 0.816. The van der Waals surface area contributed by atoms with Crippen molar-refractivity contribution in [2.45, 2.75) is 6.42 Å². The second kappa shape index (κ2) is 7.33. The van der Waals surface area contributed by atoms with Crippen molar-refractivity contribution in [3.8, 4) is 0 Å². The second-order valence-electron chi connectivity index (χ2n) is 6.19. The maximum absolute atomic E-state index is 12.5. The first-order valence-corrected chi connectivity index (χ1v) is 8.42. The van der Waals surface area contributed by atoms with Gasteiger partial charge in [0.2, 0.25) is 5.91 Å². The summed E-state index contributed by atoms with van der Waals surface area (Å²) >= 11 is 0. The van der Waals surface area contributed by atoms with Gasteiger partial charge in [-0.25, -0.2) is 4.79 Å². The summed E-state index contributed by atoms with van der Waals surface area (Å²) < 4.78 is 0. The average molecular weight is 364 g/mol. The van der Waals surface area contributed by atoms with Crippen LogP contribution in [0.4, 0.5) is 21.9 Å². The number of hydrogen-bond donors (Lipinski definition) is 2. The summed E-state index contributed by atoms with van der Waals surface area (Å²) in [4.78, 5) is 38.6. The Kier molecular flexibility index (Phi) is 4.94. The Bertz CT molecular complexity index is 921. The fourth-order valence-electron chi connectivity index (χ4n) is 2.99. The summed E-state index contributed by atoms with van der Waals surface area (Å²) in [5.41, 5.74) is 8.82. The van der Waals surface area contributed by atoms with E-state index in [9.17, 15) is 14.4 Å². The number of nitrogens with zero attached hydrogens (tertiary/aromatic N) is 2. The molecule has 0 saturated carbocycles. The first-order chi connectivity index (χ1) is 12.9. The number of benzene rings is 2. The molecule has 138 valence electrons. The largest absolute Gasteiger partial charge is 0.351 e. The molecule has 0 atom stereocenters. The minimum absolute atomic E-state index is 0.232. The van der Waals surface area contributed by atoms with E-state index in [1.807, 2.05) is 6.07 Å². The van der Waals surface area contributed by atoms with Gasteiger partial charge >= 0.3 is 6.03 Å². The standard InChI is InChI=1S/C20H20N4O3/c1-3-18(25)23(2)16-8-5-14(6-9-16)19(26)22-15-7-4-13-10-11-24(20(21)27)17(13)12-15/h3-9,12H,1,10-11H2,2H3,(H2,21,27)(H,22,26). The number of rotatable bonds is 4. The highest BCUT2D eigenvalue weighted by Gasteiger charge is 2.23. The van der Waals surface area contributed by atoms with Crippen LogP contribution in [0.3, 0.4) is 0 Å². The molecule has 0 aromatic heterocycles. The number of urea groups is 1. The van der Waals surface area contributed by atoms with Gasteiger partial charge in [0, 0.05) is 30.5 Å². The fraction of sp³-hybridized carbons (Fsp3) is 0.150. The van der Waals surface area contributed by atoms with Crippen molar-refractivity contribution < 1.29 is 14.4 Å². The molecule has 7 nitrogen and oxygen atoms in total. The number of fused-ring (bicyclic) bond motifs is 1. The van der Waals surface area contributed by atoms with E-state index in [4.69, 9.17) is 5.73 Å². The van der Waals surface area contributed by atoms with Gasteiger partial charge in [-0.2, -0.15) is 0 Å². The van der Waals surface area contributed by atoms with E-state index in [0.29, 0.717) is 23.5 Å². The molecule has 4 amide bonds. The maximum Gasteiger partial charge on any atom is 0.319 e. The molecule has 0 radical (unpaired) electrons. The number of nitrogens with one attached hydrogen (secondary N) is 1. The van der Waals surface area contributed by atoms with Crippen molar-refractivity contribution in [2.75, 3.05) is 28.7 Å². The molecule has 1 heterocycles. The lowest BCUT2D eigenvalue weighted by Gasteiger charge is -2.16. The summed E-state index contributed by atoms with van der Waals surface area (Å²) in [6.07, 6.45) is 1.97. The van der Waals surface area contributed by atoms with E-state index in [1.54, 1.807) is 43.4 Å². The maximum atomic E-state index is 12.5. The molecule has 0 saturated heterocycles. The van der Waals surface area contributed by atoms with Gasteiger partial charge in [-0.15, -0.1) is 0 Å². The van der Waals surface area contributed by atoms with Crippen molar-refractivity contribution >= 4 is 34.9 Å². The number of primary amides is 1. The van der Waals surface area contributed by atoms with E-state index in [1.165, 1.54) is 15.9 Å². The van der Waals surface area contributed by atoms with E-state index in [0.717, 1.165) is 17.7 Å². The lowest BCUT2D eigenvalue weighted by Crippen LogP contribution is -2.34. The third-order valence-electron chi connectivity index (χ3n) is 4.53. The Morgan fingerprint density at radius 3 is 2.52 bits per heavy atom. The van der Waals surface area contributed by atoms with Crippen LogP contribution >= 0.6 is 0 Å². The number of amides is 4. The van der Waals surface area contributed by atoms with Crippen molar-refractivity contribution in [3.05, 3.63) is 66.2 Å². The Balaban J connectivity index is 1.74. The van der Waals surface area contributed by atoms with Crippen molar-refractivity contribution in [3.63, 3.8) is 0 Å². The summed E-state index contributed by atoms with van der Waals surface area (Å²) in [6.45, 7) is 4.00. The predicted octanol–water partition coefficient (Wildman–Crippen LogP) is 2.53. The summed E-state index contributed by atoms with van der Waals surface area (Å²) in [5, 5.41) is 2.82. The summed E-state index contributed by atoms with van der Waals surface area (Å²) in [6, 6.07) is 11.6. The molecular formula is C20H20N4O3. The van der Waals surface area contributed by atoms with E-state index < -0.39 is 6.03 Å². The van der Waals surface area contributed by atoms with Crippen molar-refractivity contribution in [1.82, 2.24) is 0 Å². The zero-order valence-electron chi connectivity index (χ0n) is 14.9. The van der Waals surface area contributed by atoms with Crippen LogP contribution in [0.25, 0.3) is 0 Å². The zero-order chi connectivity index (χ0) is 19.6. The lowest BCUT2D eigenvalue weighted by atomic mass is 10.1. The number of anilines is 3. The topological polar surface area (TPSA) is 95.7 Å². The zero-order valence-corrected chi connectivity index (χ0v) is 14.9. The number of carbonyl (C=O) groups excluding carboxylic acids is 3. The van der Waals surface area contributed by atoms with Crippen molar-refractivity contribution in [2.24, 2.45) is 5.73 Å². The molecule has 1 aliphatic rings. The van der Waals surface area contributed by atoms with E-state index >= 15 is 0 Å². The first-order valence-electron chi connectivity index (χ1n) is 8.42. The molecule has 2 aromatic carbocycles. The Morgan fingerprint density at radius 1 is 1.19 bits per heavy atom. The number of carbonyl (C=O) groups is 3. The average Bonchev–Trinajstić information content (AvgIpc) is 3.10. The van der Waals surface area contributed by atoms with Crippen molar-refractivity contribution in [1.29, 1.82) is 0 Å². The number of hydrogen-bond acceptors (Lipinski definition) is 3. The van der Waals surface area contributed by atoms with Crippen LogP contribution in [-0.2, 0) is 11.2 Å². The van der Waals surface area contributed by atoms with Gasteiger partial charge in [0.25, 0.3) is 5.91 Å². The highest BCUT2D eigenvalue weighted by molar-refractivity contribution is 6.06. The normalized spacial score (nSPS) is 12.3. The van der Waals surface area contributed by atoms with Crippen LogP contribution in [0.1, 0.15) is 15.9 Å². The minimum atomic E-state index is -0.508. The molecule has 2 aromatic rings. The van der Waals surface area contributed by atoms with E-state index in [2.05, 4.69) is 11.9 Å². The van der Waals surface area contributed by atoms with Gasteiger partial charge in [0.1, 0.15) is 0 Å². The second-order valence-corrected chi connectivity index (χ2v) is 6.19. The van der Waals surface area contributed by atoms with Gasteiger partial charge in [-0.3, -0.25) is 14.5 Å². The Morgan fingerprint density at radius 2 is 1.89 bits per heavy atom. The molecule has 0 aliphatic carbocycles. The lowest BCUT2D eigenvalue weighted by molar-refractivity contribution is -0.113. The highest BCUT2D eigenvalue weighted by atomic mass is 16.2. The van der Waals surface area contributed by atoms with Crippen LogP contribution in [0.15, 0.2) is 55.1 Å². The predicted molar refractivity (Wildman–Crippen MR) is 105 cm³/mol. The van der Waals surface area contributed by atoms with Crippen LogP contribution in [0, 0.1) is 0 Å². The Labute approximate surface area is 157 Å². The van der Waals surface area contributed by atoms with Gasteiger partial charge < -0.3 is 16.0 Å². The van der Waals surface area contributed by atoms with Crippen LogP contribution in [0.2, 0.25) is 0 Å². The monoisotopic (exact) mass is 364 g/mol. The molecule has 27 heavy (non-hydrogen) atoms. The smallest absolute Gasteiger partial charge is 0.319 e. The summed E-state index contributed by atoms with van der Waals surface area (Å²) in [5.74, 6) is -0.521. The molecule has 0 spiro atoms. The minimum Gasteiger partial charge on any atom is -0.351 e. The third-order valence-corrected chi connectivity index (χ3v) is 4.53. The molecule has 0 unspecified atom stereocenters. The van der Waals surface area contributed by atoms with Crippen LogP contribution in [-0.4, -0.2) is 31.4 Å². The van der Waals surface area contributed by atoms with E-state index in [-0.39, 0.29) is 11.8 Å². The Hall–Kier alpha value is -3.61. The third kappa shape index (κ3) is 3.67. The van der Waals surface area contributed by atoms with Crippen LogP contribution < -0.4 is 20.9 Å². The van der Waals surface area contributed by atoms with Gasteiger partial charge in [0.15, 0.2) is 0 Å². The molecule has 7 heteroatoms. The highest BCUT2D eigenvalue weighted by Crippen LogP contribution is 2.30.